The van der Waals surface area contributed by atoms with Crippen molar-refractivity contribution < 1.29 is 4.92 Å². The summed E-state index contributed by atoms with van der Waals surface area (Å²) in [6, 6.07) is 8.05. The van der Waals surface area contributed by atoms with Crippen LogP contribution in [0.15, 0.2) is 46.6 Å². The number of hydrogen-bond donors (Lipinski definition) is 1. The van der Waals surface area contributed by atoms with Crippen molar-refractivity contribution in [2.75, 3.05) is 5.73 Å². The molecule has 0 radical (unpaired) electrons. The lowest BCUT2D eigenvalue weighted by Gasteiger charge is -2.01. The number of para-hydroxylation sites is 1. The van der Waals surface area contributed by atoms with Crippen LogP contribution in [0.3, 0.4) is 0 Å². The van der Waals surface area contributed by atoms with E-state index in [0.717, 1.165) is 0 Å². The molecule has 1 aromatic carbocycles. The van der Waals surface area contributed by atoms with Crippen LogP contribution in [0.5, 0.6) is 0 Å². The Bertz CT molecular complexity index is 562. The zero-order valence-corrected chi connectivity index (χ0v) is 9.42. The normalized spacial score (nSPS) is 10.1. The van der Waals surface area contributed by atoms with E-state index in [-0.39, 0.29) is 5.69 Å². The van der Waals surface area contributed by atoms with Gasteiger partial charge in [-0.1, -0.05) is 23.9 Å². The topological polar surface area (TPSA) is 94.9 Å². The van der Waals surface area contributed by atoms with Crippen molar-refractivity contribution >= 4 is 23.3 Å². The van der Waals surface area contributed by atoms with Crippen molar-refractivity contribution in [2.45, 2.75) is 9.92 Å². The summed E-state index contributed by atoms with van der Waals surface area (Å²) >= 11 is 1.18. The number of nitrogens with zero attached hydrogens (tertiary/aromatic N) is 3. The lowest BCUT2D eigenvalue weighted by Crippen LogP contribution is -1.93. The standard InChI is InChI=1S/C10H8N4O2S/c11-9-5-10(13-6-12-9)17-8-4-2-1-3-7(8)14(15)16/h1-6H,(H2,11,12,13). The largest absolute Gasteiger partial charge is 0.384 e. The van der Waals surface area contributed by atoms with Crippen LogP contribution in [-0.4, -0.2) is 14.9 Å². The molecule has 1 aromatic heterocycles. The maximum atomic E-state index is 10.8. The van der Waals surface area contributed by atoms with E-state index in [1.807, 2.05) is 0 Å². The number of rotatable bonds is 3. The molecule has 0 fully saturated rings. The predicted molar refractivity (Wildman–Crippen MR) is 63.7 cm³/mol. The van der Waals surface area contributed by atoms with E-state index in [0.29, 0.717) is 15.7 Å². The number of nitrogen functional groups attached to an aromatic ring is 1. The minimum absolute atomic E-state index is 0.0506. The van der Waals surface area contributed by atoms with Crippen LogP contribution in [-0.2, 0) is 0 Å². The highest BCUT2D eigenvalue weighted by atomic mass is 32.2. The maximum Gasteiger partial charge on any atom is 0.283 e. The highest BCUT2D eigenvalue weighted by Crippen LogP contribution is 2.33. The summed E-state index contributed by atoms with van der Waals surface area (Å²) in [5.41, 5.74) is 5.56. The molecule has 6 nitrogen and oxygen atoms in total. The lowest BCUT2D eigenvalue weighted by atomic mass is 10.3. The van der Waals surface area contributed by atoms with Crippen LogP contribution < -0.4 is 5.73 Å². The molecule has 0 atom stereocenters. The van der Waals surface area contributed by atoms with Crippen LogP contribution in [0.2, 0.25) is 0 Å². The van der Waals surface area contributed by atoms with Gasteiger partial charge in [0, 0.05) is 12.1 Å². The van der Waals surface area contributed by atoms with Crippen LogP contribution in [0, 0.1) is 10.1 Å². The zero-order valence-electron chi connectivity index (χ0n) is 8.61. The van der Waals surface area contributed by atoms with Crippen molar-refractivity contribution in [3.8, 4) is 0 Å². The quantitative estimate of drug-likeness (QED) is 0.508. The molecule has 2 aromatic rings. The van der Waals surface area contributed by atoms with Crippen molar-refractivity contribution in [3.05, 3.63) is 46.8 Å². The number of benzene rings is 1. The molecule has 0 saturated heterocycles. The first-order valence-electron chi connectivity index (χ1n) is 4.65. The number of aromatic nitrogens is 2. The first-order chi connectivity index (χ1) is 8.16. The minimum Gasteiger partial charge on any atom is -0.384 e. The molecule has 0 aliphatic heterocycles. The Morgan fingerprint density at radius 2 is 2.06 bits per heavy atom. The molecule has 0 saturated carbocycles. The maximum absolute atomic E-state index is 10.8. The third kappa shape index (κ3) is 2.70. The highest BCUT2D eigenvalue weighted by Gasteiger charge is 2.13. The molecule has 17 heavy (non-hydrogen) atoms. The van der Waals surface area contributed by atoms with Gasteiger partial charge in [-0.05, 0) is 6.07 Å². The molecule has 0 bridgehead atoms. The van der Waals surface area contributed by atoms with Crippen molar-refractivity contribution in [3.63, 3.8) is 0 Å². The Morgan fingerprint density at radius 3 is 2.76 bits per heavy atom. The van der Waals surface area contributed by atoms with E-state index in [2.05, 4.69) is 9.97 Å². The highest BCUT2D eigenvalue weighted by molar-refractivity contribution is 7.99. The van der Waals surface area contributed by atoms with Gasteiger partial charge in [-0.2, -0.15) is 0 Å². The molecule has 0 amide bonds. The summed E-state index contributed by atoms with van der Waals surface area (Å²) in [7, 11) is 0. The van der Waals surface area contributed by atoms with E-state index in [4.69, 9.17) is 5.73 Å². The van der Waals surface area contributed by atoms with Gasteiger partial charge in [-0.25, -0.2) is 9.97 Å². The van der Waals surface area contributed by atoms with E-state index >= 15 is 0 Å². The van der Waals surface area contributed by atoms with Gasteiger partial charge < -0.3 is 5.73 Å². The van der Waals surface area contributed by atoms with Crippen molar-refractivity contribution in [1.29, 1.82) is 0 Å². The molecule has 0 aliphatic rings. The van der Waals surface area contributed by atoms with Crippen LogP contribution >= 0.6 is 11.8 Å². The summed E-state index contributed by atoms with van der Waals surface area (Å²) < 4.78 is 0. The number of nitro benzene ring substituents is 1. The Labute approximate surface area is 101 Å². The second-order valence-electron chi connectivity index (χ2n) is 3.11. The molecule has 86 valence electrons. The molecule has 0 spiro atoms. The first-order valence-corrected chi connectivity index (χ1v) is 5.47. The fourth-order valence-electron chi connectivity index (χ4n) is 1.22. The third-order valence-electron chi connectivity index (χ3n) is 1.94. The fourth-order valence-corrected chi connectivity index (χ4v) is 2.11. The van der Waals surface area contributed by atoms with Gasteiger partial charge in [-0.3, -0.25) is 10.1 Å². The van der Waals surface area contributed by atoms with Gasteiger partial charge in [0.1, 0.15) is 17.2 Å². The average molecular weight is 248 g/mol. The lowest BCUT2D eigenvalue weighted by molar-refractivity contribution is -0.387. The summed E-state index contributed by atoms with van der Waals surface area (Å²) in [6.07, 6.45) is 1.33. The molecule has 7 heteroatoms. The van der Waals surface area contributed by atoms with Gasteiger partial charge in [0.05, 0.1) is 9.82 Å². The Morgan fingerprint density at radius 1 is 1.29 bits per heavy atom. The first kappa shape index (κ1) is 11.3. The second-order valence-corrected chi connectivity index (χ2v) is 4.17. The molecular formula is C10H8N4O2S. The smallest absolute Gasteiger partial charge is 0.283 e. The van der Waals surface area contributed by atoms with Crippen LogP contribution in [0.4, 0.5) is 11.5 Å². The second kappa shape index (κ2) is 4.79. The number of anilines is 1. The third-order valence-corrected chi connectivity index (χ3v) is 2.94. The van der Waals surface area contributed by atoms with Crippen molar-refractivity contribution in [1.82, 2.24) is 9.97 Å². The van der Waals surface area contributed by atoms with Gasteiger partial charge in [0.25, 0.3) is 5.69 Å². The monoisotopic (exact) mass is 248 g/mol. The molecular weight excluding hydrogens is 240 g/mol. The van der Waals surface area contributed by atoms with Gasteiger partial charge in [-0.15, -0.1) is 0 Å². The number of hydrogen-bond acceptors (Lipinski definition) is 6. The van der Waals surface area contributed by atoms with Gasteiger partial charge in [0.2, 0.25) is 0 Å². The van der Waals surface area contributed by atoms with E-state index < -0.39 is 4.92 Å². The van der Waals surface area contributed by atoms with Crippen LogP contribution in [0.1, 0.15) is 0 Å². The van der Waals surface area contributed by atoms with E-state index in [1.54, 1.807) is 24.3 Å². The molecule has 2 rings (SSSR count). The van der Waals surface area contributed by atoms with Crippen molar-refractivity contribution in [2.24, 2.45) is 0 Å². The predicted octanol–water partition coefficient (Wildman–Crippen LogP) is 2.12. The number of nitro groups is 1. The van der Waals surface area contributed by atoms with E-state index in [9.17, 15) is 10.1 Å². The summed E-state index contributed by atoms with van der Waals surface area (Å²) in [4.78, 5) is 18.7. The molecule has 0 unspecified atom stereocenters. The molecule has 0 aliphatic carbocycles. The molecule has 2 N–H and O–H groups in total. The minimum atomic E-state index is -0.424. The summed E-state index contributed by atoms with van der Waals surface area (Å²) in [5, 5.41) is 11.4. The Kier molecular flexibility index (Phi) is 3.20. The Balaban J connectivity index is 2.33. The van der Waals surface area contributed by atoms with E-state index in [1.165, 1.54) is 24.2 Å². The zero-order chi connectivity index (χ0) is 12.3. The summed E-state index contributed by atoms with van der Waals surface area (Å²) in [6.45, 7) is 0. The van der Waals surface area contributed by atoms with Gasteiger partial charge >= 0.3 is 0 Å². The average Bonchev–Trinajstić information content (AvgIpc) is 2.29. The number of nitrogens with two attached hydrogens (primary N) is 1. The van der Waals surface area contributed by atoms with Gasteiger partial charge in [0.15, 0.2) is 0 Å². The van der Waals surface area contributed by atoms with Crippen LogP contribution in [0.25, 0.3) is 0 Å². The summed E-state index contributed by atoms with van der Waals surface area (Å²) in [5.74, 6) is 0.334. The molecule has 1 heterocycles. The Hall–Kier alpha value is -2.15. The SMILES string of the molecule is Nc1cc(Sc2ccccc2[N+](=O)[O-])ncn1. The fraction of sp³-hybridized carbons (Fsp3) is 0.